The number of amides is 1. The van der Waals surface area contributed by atoms with Gasteiger partial charge in [0.05, 0.1) is 0 Å². The van der Waals surface area contributed by atoms with E-state index < -0.39 is 0 Å². The third-order valence-electron chi connectivity index (χ3n) is 2.74. The van der Waals surface area contributed by atoms with E-state index in [0.29, 0.717) is 0 Å². The highest BCUT2D eigenvalue weighted by atomic mass is 16.2. The molecule has 3 nitrogen and oxygen atoms in total. The standard InChI is InChI=1S/C12H25NO2/c1-3-11(4-2)12(15)13-9-7-5-6-8-10-14/h11,14H,3-10H2,1-2H3,(H,13,15). The van der Waals surface area contributed by atoms with Gasteiger partial charge in [-0.25, -0.2) is 0 Å². The summed E-state index contributed by atoms with van der Waals surface area (Å²) in [6, 6.07) is 0. The molecule has 90 valence electrons. The summed E-state index contributed by atoms with van der Waals surface area (Å²) in [6.45, 7) is 5.16. The fourth-order valence-corrected chi connectivity index (χ4v) is 1.61. The zero-order chi connectivity index (χ0) is 11.5. The molecule has 0 radical (unpaired) electrons. The molecule has 0 bridgehead atoms. The molecule has 0 unspecified atom stereocenters. The maximum absolute atomic E-state index is 11.5. The van der Waals surface area contributed by atoms with Gasteiger partial charge in [-0.05, 0) is 25.7 Å². The van der Waals surface area contributed by atoms with Crippen LogP contribution in [0, 0.1) is 5.92 Å². The second kappa shape index (κ2) is 9.97. The van der Waals surface area contributed by atoms with Crippen LogP contribution in [-0.4, -0.2) is 24.2 Å². The molecule has 2 N–H and O–H groups in total. The number of carbonyl (C=O) groups excluding carboxylic acids is 1. The van der Waals surface area contributed by atoms with Crippen LogP contribution in [0.4, 0.5) is 0 Å². The van der Waals surface area contributed by atoms with Crippen LogP contribution < -0.4 is 5.32 Å². The first kappa shape index (κ1) is 14.4. The van der Waals surface area contributed by atoms with Gasteiger partial charge in [-0.3, -0.25) is 4.79 Å². The van der Waals surface area contributed by atoms with Crippen molar-refractivity contribution < 1.29 is 9.90 Å². The molecule has 0 atom stereocenters. The quantitative estimate of drug-likeness (QED) is 0.579. The second-order valence-electron chi connectivity index (χ2n) is 3.94. The number of hydrogen-bond donors (Lipinski definition) is 2. The summed E-state index contributed by atoms with van der Waals surface area (Å²) in [5.41, 5.74) is 0. The Hall–Kier alpha value is -0.570. The van der Waals surface area contributed by atoms with Crippen molar-refractivity contribution in [1.82, 2.24) is 5.32 Å². The molecule has 3 heteroatoms. The summed E-state index contributed by atoms with van der Waals surface area (Å²) in [5, 5.41) is 11.5. The Bertz CT molecular complexity index is 156. The summed E-state index contributed by atoms with van der Waals surface area (Å²) in [6.07, 6.45) is 5.88. The van der Waals surface area contributed by atoms with E-state index in [0.717, 1.165) is 45.1 Å². The van der Waals surface area contributed by atoms with Crippen LogP contribution in [0.2, 0.25) is 0 Å². The molecule has 0 aromatic heterocycles. The van der Waals surface area contributed by atoms with Gasteiger partial charge in [-0.15, -0.1) is 0 Å². The minimum Gasteiger partial charge on any atom is -0.396 e. The lowest BCUT2D eigenvalue weighted by Crippen LogP contribution is -2.30. The van der Waals surface area contributed by atoms with E-state index in [4.69, 9.17) is 5.11 Å². The van der Waals surface area contributed by atoms with Crippen LogP contribution in [0.1, 0.15) is 52.4 Å². The second-order valence-corrected chi connectivity index (χ2v) is 3.94. The van der Waals surface area contributed by atoms with Crippen LogP contribution in [0.15, 0.2) is 0 Å². The highest BCUT2D eigenvalue weighted by Crippen LogP contribution is 2.07. The smallest absolute Gasteiger partial charge is 0.223 e. The first-order valence-corrected chi connectivity index (χ1v) is 6.14. The Labute approximate surface area is 93.3 Å². The van der Waals surface area contributed by atoms with Crippen molar-refractivity contribution in [3.8, 4) is 0 Å². The zero-order valence-electron chi connectivity index (χ0n) is 10.1. The van der Waals surface area contributed by atoms with Crippen LogP contribution in [0.3, 0.4) is 0 Å². The van der Waals surface area contributed by atoms with Crippen molar-refractivity contribution in [3.05, 3.63) is 0 Å². The maximum atomic E-state index is 11.5. The van der Waals surface area contributed by atoms with Crippen molar-refractivity contribution >= 4 is 5.91 Å². The van der Waals surface area contributed by atoms with E-state index in [9.17, 15) is 4.79 Å². The van der Waals surface area contributed by atoms with Gasteiger partial charge in [0.2, 0.25) is 5.91 Å². The van der Waals surface area contributed by atoms with E-state index in [2.05, 4.69) is 19.2 Å². The summed E-state index contributed by atoms with van der Waals surface area (Å²) < 4.78 is 0. The molecule has 0 fully saturated rings. The zero-order valence-corrected chi connectivity index (χ0v) is 10.1. The maximum Gasteiger partial charge on any atom is 0.223 e. The molecule has 0 aromatic rings. The molecule has 0 heterocycles. The van der Waals surface area contributed by atoms with Gasteiger partial charge >= 0.3 is 0 Å². The molecule has 0 aliphatic heterocycles. The van der Waals surface area contributed by atoms with Crippen molar-refractivity contribution in [3.63, 3.8) is 0 Å². The normalized spacial score (nSPS) is 10.7. The molecule has 0 rings (SSSR count). The average Bonchev–Trinajstić information content (AvgIpc) is 2.25. The predicted octanol–water partition coefficient (Wildman–Crippen LogP) is 2.09. The van der Waals surface area contributed by atoms with Crippen molar-refractivity contribution in [1.29, 1.82) is 0 Å². The minimum atomic E-state index is 0.183. The summed E-state index contributed by atoms with van der Waals surface area (Å²) in [5.74, 6) is 0.379. The van der Waals surface area contributed by atoms with Crippen LogP contribution in [0.5, 0.6) is 0 Å². The predicted molar refractivity (Wildman–Crippen MR) is 62.6 cm³/mol. The molecule has 0 aliphatic rings. The van der Waals surface area contributed by atoms with E-state index >= 15 is 0 Å². The molecule has 1 amide bonds. The highest BCUT2D eigenvalue weighted by molar-refractivity contribution is 5.78. The first-order chi connectivity index (χ1) is 7.26. The van der Waals surface area contributed by atoms with Gasteiger partial charge in [0.1, 0.15) is 0 Å². The van der Waals surface area contributed by atoms with Gasteiger partial charge in [0.25, 0.3) is 0 Å². The number of hydrogen-bond acceptors (Lipinski definition) is 2. The summed E-state index contributed by atoms with van der Waals surface area (Å²) in [7, 11) is 0. The highest BCUT2D eigenvalue weighted by Gasteiger charge is 2.12. The average molecular weight is 215 g/mol. The number of unbranched alkanes of at least 4 members (excludes halogenated alkanes) is 3. The fourth-order valence-electron chi connectivity index (χ4n) is 1.61. The van der Waals surface area contributed by atoms with Crippen LogP contribution in [-0.2, 0) is 4.79 Å². The van der Waals surface area contributed by atoms with Gasteiger partial charge in [0.15, 0.2) is 0 Å². The number of aliphatic hydroxyl groups excluding tert-OH is 1. The molecule has 0 saturated carbocycles. The largest absolute Gasteiger partial charge is 0.396 e. The SMILES string of the molecule is CCC(CC)C(=O)NCCCCCCO. The van der Waals surface area contributed by atoms with E-state index in [1.165, 1.54) is 0 Å². The topological polar surface area (TPSA) is 49.3 Å². The van der Waals surface area contributed by atoms with Gasteiger partial charge in [-0.2, -0.15) is 0 Å². The van der Waals surface area contributed by atoms with Gasteiger partial charge in [0, 0.05) is 19.1 Å². The Kier molecular flexibility index (Phi) is 9.59. The Balaban J connectivity index is 3.38. The molecule has 0 spiro atoms. The summed E-state index contributed by atoms with van der Waals surface area (Å²) >= 11 is 0. The molecule has 15 heavy (non-hydrogen) atoms. The Morgan fingerprint density at radius 3 is 2.27 bits per heavy atom. The monoisotopic (exact) mass is 215 g/mol. The molecule has 0 aromatic carbocycles. The van der Waals surface area contributed by atoms with Crippen LogP contribution >= 0.6 is 0 Å². The lowest BCUT2D eigenvalue weighted by Gasteiger charge is -2.12. The van der Waals surface area contributed by atoms with Crippen molar-refractivity contribution in [2.24, 2.45) is 5.92 Å². The Morgan fingerprint density at radius 2 is 1.73 bits per heavy atom. The third kappa shape index (κ3) is 7.37. The van der Waals surface area contributed by atoms with E-state index in [1.807, 2.05) is 0 Å². The third-order valence-corrected chi connectivity index (χ3v) is 2.74. The van der Waals surface area contributed by atoms with E-state index in [1.54, 1.807) is 0 Å². The number of rotatable bonds is 9. The van der Waals surface area contributed by atoms with Gasteiger partial charge in [-0.1, -0.05) is 26.7 Å². The minimum absolute atomic E-state index is 0.183. The number of nitrogens with one attached hydrogen (secondary N) is 1. The first-order valence-electron chi connectivity index (χ1n) is 6.14. The molecule has 0 saturated heterocycles. The lowest BCUT2D eigenvalue weighted by atomic mass is 10.0. The molecular formula is C12H25NO2. The summed E-state index contributed by atoms with van der Waals surface area (Å²) in [4.78, 5) is 11.5. The number of carbonyl (C=O) groups is 1. The Morgan fingerprint density at radius 1 is 1.13 bits per heavy atom. The van der Waals surface area contributed by atoms with Crippen molar-refractivity contribution in [2.45, 2.75) is 52.4 Å². The van der Waals surface area contributed by atoms with Crippen molar-refractivity contribution in [2.75, 3.05) is 13.2 Å². The van der Waals surface area contributed by atoms with Gasteiger partial charge < -0.3 is 10.4 Å². The van der Waals surface area contributed by atoms with E-state index in [-0.39, 0.29) is 18.4 Å². The fraction of sp³-hybridized carbons (Fsp3) is 0.917. The number of aliphatic hydroxyl groups is 1. The molecular weight excluding hydrogens is 190 g/mol. The van der Waals surface area contributed by atoms with Crippen LogP contribution in [0.25, 0.3) is 0 Å². The molecule has 0 aliphatic carbocycles. The lowest BCUT2D eigenvalue weighted by molar-refractivity contribution is -0.125.